The summed E-state index contributed by atoms with van der Waals surface area (Å²) in [6.07, 6.45) is 0. The van der Waals surface area contributed by atoms with Gasteiger partial charge in [-0.25, -0.2) is 9.36 Å². The highest BCUT2D eigenvalue weighted by molar-refractivity contribution is 5.74. The predicted molar refractivity (Wildman–Crippen MR) is 101 cm³/mol. The molecule has 2 aromatic heterocycles. The van der Waals surface area contributed by atoms with Gasteiger partial charge in [0.2, 0.25) is 0 Å². The van der Waals surface area contributed by atoms with Crippen LogP contribution in [0, 0.1) is 5.41 Å². The lowest BCUT2D eigenvalue weighted by Crippen LogP contribution is -2.36. The van der Waals surface area contributed by atoms with E-state index in [4.69, 9.17) is 0 Å². The molecular weight excluding hydrogens is 326 g/mol. The van der Waals surface area contributed by atoms with Gasteiger partial charge in [-0.1, -0.05) is 55.5 Å². The fourth-order valence-electron chi connectivity index (χ4n) is 3.24. The van der Waals surface area contributed by atoms with Crippen LogP contribution in [0.15, 0.2) is 48.5 Å². The van der Waals surface area contributed by atoms with Crippen molar-refractivity contribution in [3.8, 4) is 0 Å². The van der Waals surface area contributed by atoms with Gasteiger partial charge in [0.1, 0.15) is 11.0 Å². The lowest BCUT2D eigenvalue weighted by Gasteiger charge is -2.29. The minimum absolute atomic E-state index is 0.146. The third-order valence-electron chi connectivity index (χ3n) is 4.21. The van der Waals surface area contributed by atoms with Crippen LogP contribution in [0.2, 0.25) is 0 Å². The van der Waals surface area contributed by atoms with Crippen molar-refractivity contribution in [1.82, 2.24) is 34.9 Å². The summed E-state index contributed by atoms with van der Waals surface area (Å²) in [4.78, 5) is 2.32. The third-order valence-corrected chi connectivity index (χ3v) is 4.21. The maximum atomic E-state index is 4.34. The molecule has 26 heavy (non-hydrogen) atoms. The summed E-state index contributed by atoms with van der Waals surface area (Å²) < 4.78 is 3.89. The Balaban J connectivity index is 1.64. The summed E-state index contributed by atoms with van der Waals surface area (Å²) in [5.41, 5.74) is 4.04. The number of nitrogens with zero attached hydrogens (tertiary/aromatic N) is 7. The number of rotatable bonds is 5. The van der Waals surface area contributed by atoms with E-state index in [1.54, 1.807) is 0 Å². The third kappa shape index (κ3) is 3.43. The van der Waals surface area contributed by atoms with Crippen molar-refractivity contribution in [2.45, 2.75) is 34.1 Å². The Bertz CT molecular complexity index is 949. The van der Waals surface area contributed by atoms with Gasteiger partial charge in [-0.2, -0.15) is 0 Å². The molecule has 0 aliphatic heterocycles. The summed E-state index contributed by atoms with van der Waals surface area (Å²) >= 11 is 0. The first-order valence-corrected chi connectivity index (χ1v) is 8.78. The molecule has 7 heteroatoms. The molecule has 0 bridgehead atoms. The molecule has 0 aliphatic carbocycles. The summed E-state index contributed by atoms with van der Waals surface area (Å²) in [6, 6.07) is 16.1. The summed E-state index contributed by atoms with van der Waals surface area (Å²) in [5, 5.41) is 17.2. The fraction of sp³-hybridized carbons (Fsp3) is 0.368. The molecule has 0 aliphatic rings. The molecule has 0 saturated carbocycles. The maximum Gasteiger partial charge on any atom is 0.113 e. The van der Waals surface area contributed by atoms with Gasteiger partial charge in [0.15, 0.2) is 0 Å². The Morgan fingerprint density at radius 3 is 1.69 bits per heavy atom. The van der Waals surface area contributed by atoms with E-state index in [1.165, 1.54) is 0 Å². The first-order chi connectivity index (χ1) is 12.5. The fourth-order valence-corrected chi connectivity index (χ4v) is 3.24. The second kappa shape index (κ2) is 6.49. The van der Waals surface area contributed by atoms with E-state index in [0.717, 1.165) is 28.6 Å². The van der Waals surface area contributed by atoms with Crippen LogP contribution >= 0.6 is 0 Å². The van der Waals surface area contributed by atoms with Gasteiger partial charge < -0.3 is 0 Å². The van der Waals surface area contributed by atoms with Gasteiger partial charge in [0.05, 0.1) is 24.4 Å². The van der Waals surface area contributed by atoms with E-state index < -0.39 is 0 Å². The quantitative estimate of drug-likeness (QED) is 0.554. The molecule has 0 unspecified atom stereocenters. The standard InChI is InChI=1S/C19H23N7/c1-19(2,3)12-24(13-25-17-10-6-4-8-15(17)20-22-25)14-26-18-11-7-5-9-16(18)21-23-26/h4-11H,12-14H2,1-3H3. The van der Waals surface area contributed by atoms with Crippen LogP contribution in [0.25, 0.3) is 22.1 Å². The van der Waals surface area contributed by atoms with Gasteiger partial charge in [-0.15, -0.1) is 10.2 Å². The van der Waals surface area contributed by atoms with Crippen molar-refractivity contribution >= 4 is 22.1 Å². The second-order valence-electron chi connectivity index (χ2n) is 7.83. The molecule has 4 rings (SSSR count). The van der Waals surface area contributed by atoms with Gasteiger partial charge in [-0.05, 0) is 29.7 Å². The monoisotopic (exact) mass is 349 g/mol. The maximum absolute atomic E-state index is 4.34. The topological polar surface area (TPSA) is 64.7 Å². The van der Waals surface area contributed by atoms with Gasteiger partial charge in [0, 0.05) is 6.54 Å². The number of para-hydroxylation sites is 2. The van der Waals surface area contributed by atoms with Crippen LogP contribution in [-0.2, 0) is 13.3 Å². The molecule has 4 aromatic rings. The zero-order chi connectivity index (χ0) is 18.1. The molecule has 0 fully saturated rings. The van der Waals surface area contributed by atoms with Crippen LogP contribution in [0.3, 0.4) is 0 Å². The van der Waals surface area contributed by atoms with Crippen molar-refractivity contribution < 1.29 is 0 Å². The number of hydrogen-bond donors (Lipinski definition) is 0. The van der Waals surface area contributed by atoms with Gasteiger partial charge in [0.25, 0.3) is 0 Å². The second-order valence-corrected chi connectivity index (χ2v) is 7.83. The Morgan fingerprint density at radius 2 is 1.23 bits per heavy atom. The molecular formula is C19H23N7. The number of benzene rings is 2. The molecule has 2 aromatic carbocycles. The summed E-state index contributed by atoms with van der Waals surface area (Å²) in [6.45, 7) is 8.89. The highest BCUT2D eigenvalue weighted by atomic mass is 15.5. The predicted octanol–water partition coefficient (Wildman–Crippen LogP) is 3.14. The first-order valence-electron chi connectivity index (χ1n) is 8.78. The van der Waals surface area contributed by atoms with E-state index in [1.807, 2.05) is 45.8 Å². The molecule has 0 N–H and O–H groups in total. The molecule has 0 atom stereocenters. The molecule has 0 spiro atoms. The van der Waals surface area contributed by atoms with Gasteiger partial charge in [-0.3, -0.25) is 4.90 Å². The smallest absolute Gasteiger partial charge is 0.113 e. The van der Waals surface area contributed by atoms with Crippen LogP contribution in [0.4, 0.5) is 0 Å². The molecule has 0 saturated heterocycles. The van der Waals surface area contributed by atoms with Gasteiger partial charge >= 0.3 is 0 Å². The average Bonchev–Trinajstić information content (AvgIpc) is 3.19. The summed E-state index contributed by atoms with van der Waals surface area (Å²) in [5.74, 6) is 0. The zero-order valence-corrected chi connectivity index (χ0v) is 15.4. The van der Waals surface area contributed by atoms with E-state index >= 15 is 0 Å². The highest BCUT2D eigenvalue weighted by Gasteiger charge is 2.19. The number of aromatic nitrogens is 6. The minimum Gasteiger partial charge on any atom is -0.264 e. The Hall–Kier alpha value is -2.80. The lowest BCUT2D eigenvalue weighted by molar-refractivity contribution is 0.107. The Morgan fingerprint density at radius 1 is 0.769 bits per heavy atom. The van der Waals surface area contributed by atoms with Crippen molar-refractivity contribution in [2.75, 3.05) is 6.54 Å². The normalized spacial score (nSPS) is 12.5. The average molecular weight is 349 g/mol. The Labute approximate surface area is 152 Å². The summed E-state index contributed by atoms with van der Waals surface area (Å²) in [7, 11) is 0. The largest absolute Gasteiger partial charge is 0.264 e. The highest BCUT2D eigenvalue weighted by Crippen LogP contribution is 2.19. The van der Waals surface area contributed by atoms with E-state index in [2.05, 4.69) is 58.4 Å². The van der Waals surface area contributed by atoms with Crippen LogP contribution < -0.4 is 0 Å². The zero-order valence-electron chi connectivity index (χ0n) is 15.4. The molecule has 0 radical (unpaired) electrons. The van der Waals surface area contributed by atoms with Crippen LogP contribution in [-0.4, -0.2) is 41.4 Å². The van der Waals surface area contributed by atoms with E-state index in [-0.39, 0.29) is 5.41 Å². The van der Waals surface area contributed by atoms with Crippen LogP contribution in [0.1, 0.15) is 20.8 Å². The van der Waals surface area contributed by atoms with E-state index in [0.29, 0.717) is 13.3 Å². The number of fused-ring (bicyclic) bond motifs is 2. The SMILES string of the molecule is CC(C)(C)CN(Cn1nnc2ccccc21)Cn1nnc2ccccc21. The molecule has 0 amide bonds. The van der Waals surface area contributed by atoms with Crippen LogP contribution in [0.5, 0.6) is 0 Å². The van der Waals surface area contributed by atoms with Crippen molar-refractivity contribution in [3.63, 3.8) is 0 Å². The first kappa shape index (κ1) is 16.7. The van der Waals surface area contributed by atoms with Crippen molar-refractivity contribution in [2.24, 2.45) is 5.41 Å². The van der Waals surface area contributed by atoms with E-state index in [9.17, 15) is 0 Å². The minimum atomic E-state index is 0.146. The molecule has 7 nitrogen and oxygen atoms in total. The molecule has 134 valence electrons. The lowest BCUT2D eigenvalue weighted by atomic mass is 9.96. The number of hydrogen-bond acceptors (Lipinski definition) is 5. The Kier molecular flexibility index (Phi) is 4.16. The molecule has 2 heterocycles. The van der Waals surface area contributed by atoms with Crippen molar-refractivity contribution in [3.05, 3.63) is 48.5 Å². The van der Waals surface area contributed by atoms with Crippen molar-refractivity contribution in [1.29, 1.82) is 0 Å².